The molecule has 3 rings (SSSR count). The van der Waals surface area contributed by atoms with Gasteiger partial charge in [0.1, 0.15) is 5.75 Å². The monoisotopic (exact) mass is 550 g/mol. The van der Waals surface area contributed by atoms with Crippen molar-refractivity contribution in [1.82, 2.24) is 4.90 Å². The third kappa shape index (κ3) is 14.0. The van der Waals surface area contributed by atoms with Gasteiger partial charge in [-0.25, -0.2) is 0 Å². The molecule has 0 aromatic heterocycles. The van der Waals surface area contributed by atoms with E-state index in [1.807, 2.05) is 36.4 Å². The minimum Gasteiger partial charge on any atom is -0.494 e. The molecule has 0 unspecified atom stereocenters. The van der Waals surface area contributed by atoms with E-state index < -0.39 is 0 Å². The molecule has 2 aromatic rings. The molecular formula is C34H50N2O2S. The highest BCUT2D eigenvalue weighted by molar-refractivity contribution is 8.02. The first-order valence-electron chi connectivity index (χ1n) is 15.4. The summed E-state index contributed by atoms with van der Waals surface area (Å²) in [6.07, 6.45) is 21.6. The highest BCUT2D eigenvalue weighted by atomic mass is 32.2. The van der Waals surface area contributed by atoms with Crippen LogP contribution in [0.1, 0.15) is 108 Å². The molecule has 0 aliphatic carbocycles. The van der Waals surface area contributed by atoms with Gasteiger partial charge in [-0.3, -0.25) is 4.79 Å². The normalized spacial score (nSPS) is 12.7. The Morgan fingerprint density at radius 2 is 1.33 bits per heavy atom. The van der Waals surface area contributed by atoms with Crippen LogP contribution in [0.5, 0.6) is 5.75 Å². The Hall–Kier alpha value is -2.40. The number of unbranched alkanes of at least 4 members (excludes halogenated alkanes) is 13. The molecule has 2 aromatic carbocycles. The molecule has 5 heteroatoms. The van der Waals surface area contributed by atoms with Crippen molar-refractivity contribution in [2.45, 2.75) is 110 Å². The van der Waals surface area contributed by atoms with Crippen LogP contribution in [0.4, 0.5) is 5.69 Å². The van der Waals surface area contributed by atoms with Gasteiger partial charge < -0.3 is 15.0 Å². The maximum absolute atomic E-state index is 12.5. The average Bonchev–Trinajstić information content (AvgIpc) is 3.46. The van der Waals surface area contributed by atoms with Crippen LogP contribution in [-0.4, -0.2) is 23.3 Å². The zero-order valence-corrected chi connectivity index (χ0v) is 25.0. The highest BCUT2D eigenvalue weighted by Crippen LogP contribution is 2.20. The molecule has 0 fully saturated rings. The van der Waals surface area contributed by atoms with E-state index in [0.717, 1.165) is 42.4 Å². The van der Waals surface area contributed by atoms with Gasteiger partial charge in [0.05, 0.1) is 18.9 Å². The summed E-state index contributed by atoms with van der Waals surface area (Å²) in [4.78, 5) is 14.8. The summed E-state index contributed by atoms with van der Waals surface area (Å²) < 4.78 is 5.92. The Morgan fingerprint density at radius 1 is 0.769 bits per heavy atom. The van der Waals surface area contributed by atoms with Crippen molar-refractivity contribution < 1.29 is 9.53 Å². The summed E-state index contributed by atoms with van der Waals surface area (Å²) in [7, 11) is 0. The smallest absolute Gasteiger partial charge is 0.228 e. The van der Waals surface area contributed by atoms with E-state index in [0.29, 0.717) is 6.42 Å². The number of ether oxygens (including phenoxy) is 1. The number of carbonyl (C=O) groups is 1. The van der Waals surface area contributed by atoms with E-state index in [4.69, 9.17) is 4.74 Å². The van der Waals surface area contributed by atoms with Crippen LogP contribution in [0.2, 0.25) is 0 Å². The molecule has 0 radical (unpaired) electrons. The summed E-state index contributed by atoms with van der Waals surface area (Å²) in [6, 6.07) is 16.1. The number of rotatable bonds is 21. The summed E-state index contributed by atoms with van der Waals surface area (Å²) in [5.41, 5.74) is 3.07. The van der Waals surface area contributed by atoms with Crippen molar-refractivity contribution in [3.05, 3.63) is 71.3 Å². The summed E-state index contributed by atoms with van der Waals surface area (Å²) >= 11 is 1.81. The van der Waals surface area contributed by atoms with Crippen LogP contribution in [-0.2, 0) is 17.8 Å². The minimum atomic E-state index is -0.00213. The Kier molecular flexibility index (Phi) is 15.7. The molecule has 1 aliphatic heterocycles. The molecule has 0 saturated carbocycles. The molecule has 1 amide bonds. The molecule has 4 nitrogen and oxygen atoms in total. The SMILES string of the molecule is CCCCCCCCCCCCCCCCOc1ccc(CC(=O)Nc2ccc(CN3C=CSC3)cc2)cc1. The van der Waals surface area contributed by atoms with Gasteiger partial charge in [-0.1, -0.05) is 115 Å². The number of nitrogens with one attached hydrogen (secondary N) is 1. The lowest BCUT2D eigenvalue weighted by Crippen LogP contribution is -2.15. The van der Waals surface area contributed by atoms with E-state index in [2.05, 4.69) is 40.9 Å². The lowest BCUT2D eigenvalue weighted by Gasteiger charge is -2.14. The third-order valence-corrected chi connectivity index (χ3v) is 8.08. The number of amides is 1. The molecule has 214 valence electrons. The van der Waals surface area contributed by atoms with Crippen LogP contribution < -0.4 is 10.1 Å². The Balaban J connectivity index is 1.17. The summed E-state index contributed by atoms with van der Waals surface area (Å²) in [5, 5.41) is 5.13. The number of nitrogens with zero attached hydrogens (tertiary/aromatic N) is 1. The molecule has 0 bridgehead atoms. The van der Waals surface area contributed by atoms with E-state index >= 15 is 0 Å². The molecule has 39 heavy (non-hydrogen) atoms. The van der Waals surface area contributed by atoms with E-state index in [1.165, 1.54) is 89.0 Å². The second kappa shape index (κ2) is 19.6. The maximum atomic E-state index is 12.5. The van der Waals surface area contributed by atoms with Crippen molar-refractivity contribution in [3.63, 3.8) is 0 Å². The minimum absolute atomic E-state index is 0.00213. The predicted molar refractivity (Wildman–Crippen MR) is 168 cm³/mol. The third-order valence-electron chi connectivity index (χ3n) is 7.29. The van der Waals surface area contributed by atoms with Gasteiger partial charge in [-0.05, 0) is 47.2 Å². The second-order valence-electron chi connectivity index (χ2n) is 10.8. The van der Waals surface area contributed by atoms with Crippen LogP contribution in [0.25, 0.3) is 0 Å². The standard InChI is InChI=1S/C34H50N2O2S/c1-2-3-4-5-6-7-8-9-10-11-12-13-14-15-25-38-33-22-18-30(19-23-33)27-34(37)35-32-20-16-31(17-21-32)28-36-24-26-39-29-36/h16-24,26H,2-15,25,27-29H2,1H3,(H,35,37). The van der Waals surface area contributed by atoms with Gasteiger partial charge >= 0.3 is 0 Å². The Morgan fingerprint density at radius 3 is 1.90 bits per heavy atom. The molecule has 0 atom stereocenters. The van der Waals surface area contributed by atoms with Gasteiger partial charge in [0.15, 0.2) is 0 Å². The van der Waals surface area contributed by atoms with E-state index in [9.17, 15) is 4.79 Å². The van der Waals surface area contributed by atoms with Crippen molar-refractivity contribution >= 4 is 23.4 Å². The van der Waals surface area contributed by atoms with Crippen LogP contribution in [0.3, 0.4) is 0 Å². The van der Waals surface area contributed by atoms with Crippen molar-refractivity contribution in [1.29, 1.82) is 0 Å². The van der Waals surface area contributed by atoms with Gasteiger partial charge in [-0.2, -0.15) is 0 Å². The molecular weight excluding hydrogens is 500 g/mol. The van der Waals surface area contributed by atoms with Gasteiger partial charge in [-0.15, -0.1) is 11.8 Å². The Labute approximate surface area is 242 Å². The van der Waals surface area contributed by atoms with E-state index in [1.54, 1.807) is 11.8 Å². The lowest BCUT2D eigenvalue weighted by atomic mass is 10.0. The Bertz CT molecular complexity index is 943. The fraction of sp³-hybridized carbons (Fsp3) is 0.559. The second-order valence-corrected chi connectivity index (χ2v) is 11.7. The summed E-state index contributed by atoms with van der Waals surface area (Å²) in [5.74, 6) is 1.88. The average molecular weight is 551 g/mol. The zero-order chi connectivity index (χ0) is 27.4. The van der Waals surface area contributed by atoms with Crippen molar-refractivity contribution in [2.75, 3.05) is 17.8 Å². The quantitative estimate of drug-likeness (QED) is 0.157. The molecule has 1 heterocycles. The van der Waals surface area contributed by atoms with Crippen molar-refractivity contribution in [2.24, 2.45) is 0 Å². The van der Waals surface area contributed by atoms with Crippen LogP contribution >= 0.6 is 11.8 Å². The number of hydrogen-bond donors (Lipinski definition) is 1. The van der Waals surface area contributed by atoms with Crippen LogP contribution in [0, 0.1) is 0 Å². The van der Waals surface area contributed by atoms with Gasteiger partial charge in [0.2, 0.25) is 5.91 Å². The van der Waals surface area contributed by atoms with Gasteiger partial charge in [0.25, 0.3) is 0 Å². The number of anilines is 1. The summed E-state index contributed by atoms with van der Waals surface area (Å²) in [6.45, 7) is 3.94. The molecule has 0 saturated heterocycles. The topological polar surface area (TPSA) is 41.6 Å². The first-order valence-corrected chi connectivity index (χ1v) is 16.4. The van der Waals surface area contributed by atoms with Crippen LogP contribution in [0.15, 0.2) is 60.1 Å². The van der Waals surface area contributed by atoms with Gasteiger partial charge in [0, 0.05) is 18.4 Å². The highest BCUT2D eigenvalue weighted by Gasteiger charge is 2.07. The number of thioether (sulfide) groups is 1. The van der Waals surface area contributed by atoms with E-state index in [-0.39, 0.29) is 5.91 Å². The number of benzene rings is 2. The maximum Gasteiger partial charge on any atom is 0.228 e. The molecule has 0 spiro atoms. The lowest BCUT2D eigenvalue weighted by molar-refractivity contribution is -0.115. The fourth-order valence-corrected chi connectivity index (χ4v) is 5.63. The molecule has 1 N–H and O–H groups in total. The first-order chi connectivity index (χ1) is 19.2. The first kappa shape index (κ1) is 31.1. The number of hydrogen-bond acceptors (Lipinski definition) is 4. The zero-order valence-electron chi connectivity index (χ0n) is 24.2. The molecule has 1 aliphatic rings. The fourth-order valence-electron chi connectivity index (χ4n) is 4.92. The number of carbonyl (C=O) groups excluding carboxylic acids is 1. The van der Waals surface area contributed by atoms with Crippen molar-refractivity contribution in [3.8, 4) is 5.75 Å². The predicted octanol–water partition coefficient (Wildman–Crippen LogP) is 9.71. The largest absolute Gasteiger partial charge is 0.494 e.